The van der Waals surface area contributed by atoms with E-state index in [-0.39, 0.29) is 51.4 Å². The Bertz CT molecular complexity index is 6.00. The molecule has 0 amide bonds. The average Bonchev–Trinajstić information content (AvgIpc) is 0.918. The van der Waals surface area contributed by atoms with Gasteiger partial charge in [0.25, 0.3) is 0 Å². The summed E-state index contributed by atoms with van der Waals surface area (Å²) in [7, 11) is 3.25. The minimum atomic E-state index is 0. The Kier molecular flexibility index (Phi) is 20.2. The van der Waals surface area contributed by atoms with Crippen molar-refractivity contribution < 1.29 is 4.74 Å². The fourth-order valence-electron chi connectivity index (χ4n) is 0. The van der Waals surface area contributed by atoms with Crippen molar-refractivity contribution >= 4 is 51.4 Å². The molecule has 0 bridgehead atoms. The van der Waals surface area contributed by atoms with Gasteiger partial charge in [-0.15, -0.1) is 0 Å². The predicted octanol–water partition coefficient (Wildman–Crippen LogP) is -0.386. The Labute approximate surface area is 69.1 Å². The van der Waals surface area contributed by atoms with Gasteiger partial charge in [-0.3, -0.25) is 0 Å². The second kappa shape index (κ2) is 8.82. The zero-order valence-corrected chi connectivity index (χ0v) is 2.41. The number of ether oxygens (including phenoxy) is 1. The van der Waals surface area contributed by atoms with E-state index in [2.05, 4.69) is 4.74 Å². The Morgan fingerprint density at radius 2 is 1.25 bits per heavy atom. The van der Waals surface area contributed by atoms with Crippen LogP contribution >= 0.6 is 0 Å². The van der Waals surface area contributed by atoms with E-state index in [9.17, 15) is 0 Å². The fourth-order valence-corrected chi connectivity index (χ4v) is 0. The van der Waals surface area contributed by atoms with Crippen LogP contribution in [0.4, 0.5) is 0 Å². The molecule has 4 heavy (non-hydrogen) atoms. The van der Waals surface area contributed by atoms with Gasteiger partial charge in [-0.2, -0.15) is 0 Å². The van der Waals surface area contributed by atoms with Crippen LogP contribution in [-0.4, -0.2) is 65.6 Å². The summed E-state index contributed by atoms with van der Waals surface area (Å²) in [4.78, 5) is 0. The van der Waals surface area contributed by atoms with Crippen LogP contribution in [0.3, 0.4) is 0 Å². The third-order valence-corrected chi connectivity index (χ3v) is 0. The summed E-state index contributed by atoms with van der Waals surface area (Å²) in [5.41, 5.74) is 0. The van der Waals surface area contributed by atoms with Crippen LogP contribution in [0, 0.1) is 0 Å². The van der Waals surface area contributed by atoms with Crippen molar-refractivity contribution in [1.82, 2.24) is 0 Å². The molecular weight excluding hydrogens is 79.1 g/mol. The van der Waals surface area contributed by atoms with Crippen molar-refractivity contribution in [2.45, 2.75) is 0 Å². The molecule has 0 rings (SSSR count). The Morgan fingerprint density at radius 1 is 1.25 bits per heavy atom. The molecule has 0 saturated carbocycles. The van der Waals surface area contributed by atoms with E-state index in [4.69, 9.17) is 0 Å². The molecule has 0 fully saturated rings. The van der Waals surface area contributed by atoms with Gasteiger partial charge < -0.3 is 4.74 Å². The van der Waals surface area contributed by atoms with Crippen LogP contribution in [0.15, 0.2) is 0 Å². The van der Waals surface area contributed by atoms with E-state index in [1.165, 1.54) is 0 Å². The molecule has 1 nitrogen and oxygen atoms in total. The molecule has 0 radical (unpaired) electrons. The second-order valence-corrected chi connectivity index (χ2v) is 0.408. The van der Waals surface area contributed by atoms with Crippen molar-refractivity contribution in [3.8, 4) is 0 Å². The Hall–Kier alpha value is 1.60. The van der Waals surface area contributed by atoms with E-state index in [1.54, 1.807) is 14.2 Å². The molecule has 0 N–H and O–H groups in total. The summed E-state index contributed by atoms with van der Waals surface area (Å²) < 4.78 is 4.25. The van der Waals surface area contributed by atoms with Gasteiger partial charge in [0.15, 0.2) is 0 Å². The number of hydrogen-bond donors (Lipinski definition) is 0. The quantitative estimate of drug-likeness (QED) is 0.365. The van der Waals surface area contributed by atoms with Gasteiger partial charge in [0, 0.05) is 14.2 Å². The SMILES string of the molecule is COC.[KH]. The maximum atomic E-state index is 4.25. The zero-order valence-electron chi connectivity index (χ0n) is 2.41. The molecule has 0 aromatic rings. The van der Waals surface area contributed by atoms with Gasteiger partial charge in [0.1, 0.15) is 0 Å². The molecular formula is C2H7KO. The van der Waals surface area contributed by atoms with E-state index in [0.29, 0.717) is 0 Å². The van der Waals surface area contributed by atoms with Crippen LogP contribution in [0.1, 0.15) is 0 Å². The summed E-state index contributed by atoms with van der Waals surface area (Å²) >= 11 is 0. The zero-order chi connectivity index (χ0) is 2.71. The van der Waals surface area contributed by atoms with Gasteiger partial charge in [-0.05, 0) is 0 Å². The topological polar surface area (TPSA) is 9.23 Å². The average molecular weight is 86.2 g/mol. The fraction of sp³-hybridized carbons (Fsp3) is 1.00. The van der Waals surface area contributed by atoms with Crippen molar-refractivity contribution in [2.75, 3.05) is 14.2 Å². The first kappa shape index (κ1) is 9.14. The first-order chi connectivity index (χ1) is 1.41. The monoisotopic (exact) mass is 86.0 g/mol. The summed E-state index contributed by atoms with van der Waals surface area (Å²) in [6, 6.07) is 0. The van der Waals surface area contributed by atoms with Crippen molar-refractivity contribution in [3.05, 3.63) is 0 Å². The van der Waals surface area contributed by atoms with E-state index in [1.807, 2.05) is 0 Å². The first-order valence-corrected chi connectivity index (χ1v) is 0.816. The molecule has 0 aliphatic carbocycles. The maximum absolute atomic E-state index is 4.25. The molecule has 0 heterocycles. The van der Waals surface area contributed by atoms with Crippen LogP contribution in [0.2, 0.25) is 0 Å². The van der Waals surface area contributed by atoms with Crippen LogP contribution < -0.4 is 0 Å². The molecule has 0 unspecified atom stereocenters. The van der Waals surface area contributed by atoms with Crippen molar-refractivity contribution in [2.24, 2.45) is 0 Å². The molecule has 0 aromatic carbocycles. The Balaban J connectivity index is 0. The minimum absolute atomic E-state index is 0. The summed E-state index contributed by atoms with van der Waals surface area (Å²) in [5, 5.41) is 0. The van der Waals surface area contributed by atoms with Gasteiger partial charge in [0.2, 0.25) is 0 Å². The summed E-state index contributed by atoms with van der Waals surface area (Å²) in [5.74, 6) is 0. The third kappa shape index (κ3) is 9.51. The first-order valence-electron chi connectivity index (χ1n) is 0.816. The van der Waals surface area contributed by atoms with E-state index < -0.39 is 0 Å². The summed E-state index contributed by atoms with van der Waals surface area (Å²) in [6.07, 6.45) is 0. The van der Waals surface area contributed by atoms with Gasteiger partial charge >= 0.3 is 51.4 Å². The van der Waals surface area contributed by atoms with E-state index in [0.717, 1.165) is 0 Å². The molecule has 2 heteroatoms. The van der Waals surface area contributed by atoms with Crippen molar-refractivity contribution in [3.63, 3.8) is 0 Å². The van der Waals surface area contributed by atoms with Gasteiger partial charge in [0.05, 0.1) is 0 Å². The summed E-state index contributed by atoms with van der Waals surface area (Å²) in [6.45, 7) is 0. The molecule has 0 aromatic heterocycles. The third-order valence-electron chi connectivity index (χ3n) is 0. The molecule has 0 spiro atoms. The Morgan fingerprint density at radius 3 is 1.25 bits per heavy atom. The normalized spacial score (nSPS) is 4.50. The number of methoxy groups -OCH3 is 1. The number of rotatable bonds is 0. The van der Waals surface area contributed by atoms with Crippen LogP contribution in [0.25, 0.3) is 0 Å². The standard InChI is InChI=1S/C2H6O.K.H/c1-3-2;;/h1-2H3;;. The number of hydrogen-bond acceptors (Lipinski definition) is 1. The van der Waals surface area contributed by atoms with Gasteiger partial charge in [-0.1, -0.05) is 0 Å². The molecule has 0 aliphatic heterocycles. The molecule has 0 atom stereocenters. The van der Waals surface area contributed by atoms with E-state index >= 15 is 0 Å². The van der Waals surface area contributed by atoms with Crippen molar-refractivity contribution in [1.29, 1.82) is 0 Å². The molecule has 0 saturated heterocycles. The molecule has 0 aliphatic rings. The predicted molar refractivity (Wildman–Crippen MR) is 20.1 cm³/mol. The van der Waals surface area contributed by atoms with Crippen LogP contribution in [-0.2, 0) is 4.74 Å². The molecule has 22 valence electrons. The van der Waals surface area contributed by atoms with Crippen LogP contribution in [0.5, 0.6) is 0 Å². The van der Waals surface area contributed by atoms with Gasteiger partial charge in [-0.25, -0.2) is 0 Å². The second-order valence-electron chi connectivity index (χ2n) is 0.408.